The largest absolute Gasteiger partial charge is 0.355 e. The van der Waals surface area contributed by atoms with Crippen LogP contribution in [0.25, 0.3) is 0 Å². The molecule has 0 aromatic heterocycles. The van der Waals surface area contributed by atoms with Crippen LogP contribution < -0.4 is 11.1 Å². The highest BCUT2D eigenvalue weighted by molar-refractivity contribution is 5.81. The van der Waals surface area contributed by atoms with Gasteiger partial charge in [0.1, 0.15) is 0 Å². The van der Waals surface area contributed by atoms with Gasteiger partial charge < -0.3 is 16.0 Å². The van der Waals surface area contributed by atoms with Gasteiger partial charge in [-0.2, -0.15) is 0 Å². The molecule has 0 saturated carbocycles. The van der Waals surface area contributed by atoms with E-state index in [4.69, 9.17) is 12.2 Å². The maximum Gasteiger partial charge on any atom is 0.237 e. The van der Waals surface area contributed by atoms with E-state index >= 15 is 0 Å². The average molecular weight is 239 g/mol. The number of nitrogens with zero attached hydrogens (tertiary/aromatic N) is 1. The second-order valence-electron chi connectivity index (χ2n) is 4.59. The van der Waals surface area contributed by atoms with Crippen molar-refractivity contribution >= 4 is 5.91 Å². The van der Waals surface area contributed by atoms with Crippen molar-refractivity contribution in [1.82, 2.24) is 10.2 Å². The molecule has 1 unspecified atom stereocenters. The molecular weight excluding hydrogens is 214 g/mol. The minimum atomic E-state index is -0.571. The summed E-state index contributed by atoms with van der Waals surface area (Å²) in [6, 6.07) is -0.00743. The lowest BCUT2D eigenvalue weighted by atomic mass is 10.2. The Morgan fingerprint density at radius 2 is 2.12 bits per heavy atom. The fraction of sp³-hybridized carbons (Fsp3) is 0.769. The van der Waals surface area contributed by atoms with Crippen molar-refractivity contribution in [2.75, 3.05) is 20.1 Å². The minimum absolute atomic E-state index is 0.153. The molecule has 0 aliphatic rings. The van der Waals surface area contributed by atoms with Gasteiger partial charge in [0.25, 0.3) is 0 Å². The molecule has 0 aromatic rings. The first-order valence-electron chi connectivity index (χ1n) is 6.16. The standard InChI is InChI=1S/C13H25N3O/c1-5-8-12(14)13(17)15-9-6-7-10-16(4)11(2)3/h1,11-12H,6-10,14H2,2-4H3,(H,15,17). The van der Waals surface area contributed by atoms with Crippen molar-refractivity contribution in [3.8, 4) is 12.3 Å². The molecular formula is C13H25N3O. The lowest BCUT2D eigenvalue weighted by Crippen LogP contribution is -2.40. The van der Waals surface area contributed by atoms with Gasteiger partial charge in [0, 0.05) is 19.0 Å². The summed E-state index contributed by atoms with van der Waals surface area (Å²) in [5.74, 6) is 2.23. The second-order valence-corrected chi connectivity index (χ2v) is 4.59. The monoisotopic (exact) mass is 239 g/mol. The zero-order valence-corrected chi connectivity index (χ0v) is 11.2. The van der Waals surface area contributed by atoms with Gasteiger partial charge in [0.05, 0.1) is 6.04 Å². The Morgan fingerprint density at radius 3 is 2.65 bits per heavy atom. The van der Waals surface area contributed by atoms with Crippen molar-refractivity contribution in [2.45, 2.75) is 45.2 Å². The van der Waals surface area contributed by atoms with Crippen LogP contribution in [0, 0.1) is 12.3 Å². The van der Waals surface area contributed by atoms with Crippen LogP contribution in [0.2, 0.25) is 0 Å². The van der Waals surface area contributed by atoms with Gasteiger partial charge >= 0.3 is 0 Å². The third kappa shape index (κ3) is 7.78. The Bertz CT molecular complexity index is 258. The second kappa shape index (κ2) is 9.03. The molecule has 1 atom stereocenters. The molecule has 4 nitrogen and oxygen atoms in total. The Kier molecular flexibility index (Phi) is 8.47. The zero-order chi connectivity index (χ0) is 13.3. The fourth-order valence-corrected chi connectivity index (χ4v) is 1.31. The number of nitrogens with one attached hydrogen (secondary N) is 1. The lowest BCUT2D eigenvalue weighted by molar-refractivity contribution is -0.122. The van der Waals surface area contributed by atoms with Crippen LogP contribution in [0.1, 0.15) is 33.1 Å². The quantitative estimate of drug-likeness (QED) is 0.481. The molecule has 0 fully saturated rings. The number of rotatable bonds is 8. The lowest BCUT2D eigenvalue weighted by Gasteiger charge is -2.20. The van der Waals surface area contributed by atoms with Gasteiger partial charge in [-0.15, -0.1) is 12.3 Å². The van der Waals surface area contributed by atoms with Crippen LogP contribution in [0.3, 0.4) is 0 Å². The van der Waals surface area contributed by atoms with Crippen molar-refractivity contribution in [3.05, 3.63) is 0 Å². The Hall–Kier alpha value is -1.05. The summed E-state index contributed by atoms with van der Waals surface area (Å²) in [7, 11) is 2.10. The van der Waals surface area contributed by atoms with E-state index in [-0.39, 0.29) is 5.91 Å². The van der Waals surface area contributed by atoms with Gasteiger partial charge in [-0.25, -0.2) is 0 Å². The summed E-state index contributed by atoms with van der Waals surface area (Å²) < 4.78 is 0. The molecule has 0 aromatic carbocycles. The summed E-state index contributed by atoms with van der Waals surface area (Å²) in [6.07, 6.45) is 7.42. The van der Waals surface area contributed by atoms with E-state index in [0.29, 0.717) is 19.0 Å². The smallest absolute Gasteiger partial charge is 0.237 e. The topological polar surface area (TPSA) is 58.4 Å². The maximum absolute atomic E-state index is 11.4. The molecule has 0 radical (unpaired) electrons. The van der Waals surface area contributed by atoms with Gasteiger partial charge in [-0.1, -0.05) is 0 Å². The van der Waals surface area contributed by atoms with E-state index in [1.807, 2.05) is 0 Å². The van der Waals surface area contributed by atoms with Gasteiger partial charge in [0.2, 0.25) is 5.91 Å². The fourth-order valence-electron chi connectivity index (χ4n) is 1.31. The number of hydrogen-bond acceptors (Lipinski definition) is 3. The summed E-state index contributed by atoms with van der Waals surface area (Å²) in [4.78, 5) is 13.7. The summed E-state index contributed by atoms with van der Waals surface area (Å²) in [6.45, 7) is 6.05. The van der Waals surface area contributed by atoms with Crippen LogP contribution in [0.4, 0.5) is 0 Å². The van der Waals surface area contributed by atoms with Gasteiger partial charge in [-0.05, 0) is 40.3 Å². The van der Waals surface area contributed by atoms with E-state index in [9.17, 15) is 4.79 Å². The molecule has 0 aliphatic carbocycles. The number of carbonyl (C=O) groups excluding carboxylic acids is 1. The molecule has 17 heavy (non-hydrogen) atoms. The van der Waals surface area contributed by atoms with E-state index in [2.05, 4.69) is 37.0 Å². The summed E-state index contributed by atoms with van der Waals surface area (Å²) >= 11 is 0. The van der Waals surface area contributed by atoms with Crippen LogP contribution in [0.5, 0.6) is 0 Å². The first-order valence-corrected chi connectivity index (χ1v) is 6.16. The highest BCUT2D eigenvalue weighted by Gasteiger charge is 2.10. The molecule has 98 valence electrons. The molecule has 0 aliphatic heterocycles. The first-order chi connectivity index (χ1) is 7.99. The SMILES string of the molecule is C#CCC(N)C(=O)NCCCCN(C)C(C)C. The van der Waals surface area contributed by atoms with Crippen LogP contribution >= 0.6 is 0 Å². The predicted molar refractivity (Wildman–Crippen MR) is 71.4 cm³/mol. The number of hydrogen-bond donors (Lipinski definition) is 2. The first kappa shape index (κ1) is 16.0. The number of terminal acetylenes is 1. The highest BCUT2D eigenvalue weighted by atomic mass is 16.2. The van der Waals surface area contributed by atoms with Gasteiger partial charge in [-0.3, -0.25) is 4.79 Å². The van der Waals surface area contributed by atoms with Crippen molar-refractivity contribution in [3.63, 3.8) is 0 Å². The number of amides is 1. The highest BCUT2D eigenvalue weighted by Crippen LogP contribution is 1.97. The number of carbonyl (C=O) groups is 1. The third-order valence-corrected chi connectivity index (χ3v) is 2.79. The number of nitrogens with two attached hydrogens (primary N) is 1. The normalized spacial score (nSPS) is 12.5. The van der Waals surface area contributed by atoms with Crippen LogP contribution in [-0.2, 0) is 4.79 Å². The Labute approximate surface area is 105 Å². The van der Waals surface area contributed by atoms with Crippen LogP contribution in [-0.4, -0.2) is 43.0 Å². The van der Waals surface area contributed by atoms with E-state index in [1.54, 1.807) is 0 Å². The zero-order valence-electron chi connectivity index (χ0n) is 11.2. The van der Waals surface area contributed by atoms with Crippen molar-refractivity contribution in [1.29, 1.82) is 0 Å². The molecule has 4 heteroatoms. The average Bonchev–Trinajstić information content (AvgIpc) is 2.28. The molecule has 0 bridgehead atoms. The van der Waals surface area contributed by atoms with Crippen LogP contribution in [0.15, 0.2) is 0 Å². The summed E-state index contributed by atoms with van der Waals surface area (Å²) in [5.41, 5.74) is 5.57. The molecule has 1 amide bonds. The van der Waals surface area contributed by atoms with Gasteiger partial charge in [0.15, 0.2) is 0 Å². The molecule has 0 spiro atoms. The van der Waals surface area contributed by atoms with E-state index in [1.165, 1.54) is 0 Å². The molecule has 0 rings (SSSR count). The maximum atomic E-state index is 11.4. The predicted octanol–water partition coefficient (Wildman–Crippen LogP) is 0.574. The van der Waals surface area contributed by atoms with Crippen molar-refractivity contribution in [2.24, 2.45) is 5.73 Å². The number of unbranched alkanes of at least 4 members (excludes halogenated alkanes) is 1. The van der Waals surface area contributed by atoms with E-state index < -0.39 is 6.04 Å². The third-order valence-electron chi connectivity index (χ3n) is 2.79. The summed E-state index contributed by atoms with van der Waals surface area (Å²) in [5, 5.41) is 2.79. The molecule has 0 heterocycles. The molecule has 0 saturated heterocycles. The Balaban J connectivity index is 3.52. The molecule has 3 N–H and O–H groups in total. The minimum Gasteiger partial charge on any atom is -0.355 e. The van der Waals surface area contributed by atoms with Crippen molar-refractivity contribution < 1.29 is 4.79 Å². The van der Waals surface area contributed by atoms with E-state index in [0.717, 1.165) is 19.4 Å². The Morgan fingerprint density at radius 1 is 1.47 bits per heavy atom.